The Morgan fingerprint density at radius 1 is 1.18 bits per heavy atom. The predicted molar refractivity (Wildman–Crippen MR) is 105 cm³/mol. The molecule has 1 aliphatic heterocycles. The van der Waals surface area contributed by atoms with E-state index < -0.39 is 0 Å². The molecule has 0 spiro atoms. The third-order valence-corrected chi connectivity index (χ3v) is 5.14. The number of aryl methyl sites for hydroxylation is 1. The van der Waals surface area contributed by atoms with Crippen molar-refractivity contribution in [1.82, 2.24) is 24.6 Å². The van der Waals surface area contributed by atoms with Gasteiger partial charge in [-0.3, -0.25) is 14.8 Å². The first-order chi connectivity index (χ1) is 13.6. The lowest BCUT2D eigenvalue weighted by molar-refractivity contribution is 0.0622. The first-order valence-electron chi connectivity index (χ1n) is 9.32. The van der Waals surface area contributed by atoms with E-state index in [1.807, 2.05) is 65.2 Å². The maximum Gasteiger partial charge on any atom is 0.271 e. The number of benzene rings is 1. The van der Waals surface area contributed by atoms with Gasteiger partial charge in [0, 0.05) is 46.0 Å². The summed E-state index contributed by atoms with van der Waals surface area (Å²) in [6.45, 7) is 3.76. The van der Waals surface area contributed by atoms with Crippen LogP contribution in [0.2, 0.25) is 0 Å². The normalized spacial score (nSPS) is 14.8. The van der Waals surface area contributed by atoms with Crippen LogP contribution in [-0.4, -0.2) is 56.7 Å². The average Bonchev–Trinajstić information content (AvgIpc) is 3.37. The van der Waals surface area contributed by atoms with Crippen molar-refractivity contribution in [2.24, 2.45) is 7.05 Å². The van der Waals surface area contributed by atoms with Crippen LogP contribution in [0.4, 0.5) is 0 Å². The molecular formula is C21H22N6O. The van der Waals surface area contributed by atoms with Crippen molar-refractivity contribution in [3.63, 3.8) is 0 Å². The van der Waals surface area contributed by atoms with Gasteiger partial charge in [-0.05, 0) is 35.9 Å². The monoisotopic (exact) mass is 374 g/mol. The summed E-state index contributed by atoms with van der Waals surface area (Å²) in [7, 11) is 1.96. The number of amides is 1. The van der Waals surface area contributed by atoms with E-state index in [1.165, 1.54) is 0 Å². The number of hydrogen-bond donors (Lipinski definition) is 1. The summed E-state index contributed by atoms with van der Waals surface area (Å²) in [6, 6.07) is 15.6. The maximum atomic E-state index is 12.8. The Balaban J connectivity index is 1.36. The van der Waals surface area contributed by atoms with E-state index in [9.17, 15) is 4.79 Å². The van der Waals surface area contributed by atoms with Crippen LogP contribution < -0.4 is 0 Å². The predicted octanol–water partition coefficient (Wildman–Crippen LogP) is 2.24. The van der Waals surface area contributed by atoms with Crippen molar-refractivity contribution < 1.29 is 4.79 Å². The van der Waals surface area contributed by atoms with Crippen molar-refractivity contribution in [3.8, 4) is 17.5 Å². The molecule has 142 valence electrons. The summed E-state index contributed by atoms with van der Waals surface area (Å²) in [5.74, 6) is -0.0147. The van der Waals surface area contributed by atoms with Crippen molar-refractivity contribution in [3.05, 3.63) is 65.5 Å². The van der Waals surface area contributed by atoms with Crippen molar-refractivity contribution in [2.75, 3.05) is 26.2 Å². The number of rotatable bonds is 4. The lowest BCUT2D eigenvalue weighted by Crippen LogP contribution is -2.48. The van der Waals surface area contributed by atoms with Gasteiger partial charge in [-0.2, -0.15) is 10.4 Å². The fraction of sp³-hybridized carbons (Fsp3) is 0.286. The topological polar surface area (TPSA) is 81.0 Å². The van der Waals surface area contributed by atoms with Crippen molar-refractivity contribution >= 4 is 5.91 Å². The molecule has 3 aromatic rings. The van der Waals surface area contributed by atoms with Crippen LogP contribution in [0.15, 0.2) is 48.7 Å². The Kier molecular flexibility index (Phi) is 4.96. The Morgan fingerprint density at radius 3 is 2.71 bits per heavy atom. The van der Waals surface area contributed by atoms with Crippen LogP contribution in [0.25, 0.3) is 11.4 Å². The molecule has 1 saturated heterocycles. The summed E-state index contributed by atoms with van der Waals surface area (Å²) in [4.78, 5) is 17.0. The highest BCUT2D eigenvalue weighted by molar-refractivity contribution is 5.93. The Hall–Kier alpha value is -3.37. The molecule has 0 radical (unpaired) electrons. The number of carbonyl (C=O) groups is 1. The molecule has 1 aromatic carbocycles. The largest absolute Gasteiger partial charge is 0.349 e. The molecule has 0 bridgehead atoms. The Morgan fingerprint density at radius 2 is 2.00 bits per heavy atom. The summed E-state index contributed by atoms with van der Waals surface area (Å²) in [6.07, 6.45) is 1.96. The van der Waals surface area contributed by atoms with E-state index in [1.54, 1.807) is 0 Å². The standard InChI is InChI=1S/C21H22N6O/c1-25-7-3-6-20(25)18-13-19(24-23-18)21(28)27-10-8-26(9-11-27)15-17-5-2-4-16(12-17)14-22/h2-7,12-13H,8-11,15H2,1H3,(H,23,24). The van der Waals surface area contributed by atoms with E-state index in [-0.39, 0.29) is 5.91 Å². The highest BCUT2D eigenvalue weighted by Crippen LogP contribution is 2.19. The van der Waals surface area contributed by atoms with Gasteiger partial charge in [0.15, 0.2) is 0 Å². The third kappa shape index (κ3) is 3.68. The second-order valence-corrected chi connectivity index (χ2v) is 7.05. The van der Waals surface area contributed by atoms with Crippen LogP contribution in [0.3, 0.4) is 0 Å². The van der Waals surface area contributed by atoms with E-state index in [2.05, 4.69) is 21.2 Å². The summed E-state index contributed by atoms with van der Waals surface area (Å²) in [5.41, 5.74) is 4.07. The van der Waals surface area contributed by atoms with Crippen LogP contribution in [-0.2, 0) is 13.6 Å². The van der Waals surface area contributed by atoms with Crippen LogP contribution in [0.5, 0.6) is 0 Å². The van der Waals surface area contributed by atoms with Crippen LogP contribution >= 0.6 is 0 Å². The summed E-state index contributed by atoms with van der Waals surface area (Å²) < 4.78 is 1.98. The molecule has 28 heavy (non-hydrogen) atoms. The molecule has 7 nitrogen and oxygen atoms in total. The fourth-order valence-corrected chi connectivity index (χ4v) is 3.57. The zero-order valence-electron chi connectivity index (χ0n) is 15.8. The number of piperazine rings is 1. The van der Waals surface area contributed by atoms with Crippen LogP contribution in [0.1, 0.15) is 21.6 Å². The highest BCUT2D eigenvalue weighted by atomic mass is 16.2. The molecule has 1 N–H and O–H groups in total. The first-order valence-corrected chi connectivity index (χ1v) is 9.32. The molecule has 4 rings (SSSR count). The van der Waals surface area contributed by atoms with Gasteiger partial charge < -0.3 is 9.47 Å². The molecule has 0 aliphatic carbocycles. The molecule has 3 heterocycles. The molecule has 7 heteroatoms. The van der Waals surface area contributed by atoms with Gasteiger partial charge >= 0.3 is 0 Å². The molecule has 2 aromatic heterocycles. The van der Waals surface area contributed by atoms with Gasteiger partial charge in [-0.15, -0.1) is 0 Å². The molecule has 0 atom stereocenters. The average molecular weight is 374 g/mol. The summed E-state index contributed by atoms with van der Waals surface area (Å²) >= 11 is 0. The molecular weight excluding hydrogens is 352 g/mol. The van der Waals surface area contributed by atoms with E-state index in [0.29, 0.717) is 24.3 Å². The number of hydrogen-bond acceptors (Lipinski definition) is 4. The number of carbonyl (C=O) groups excluding carboxylic acids is 1. The van der Waals surface area contributed by atoms with Crippen molar-refractivity contribution in [1.29, 1.82) is 5.26 Å². The minimum atomic E-state index is -0.0147. The van der Waals surface area contributed by atoms with Gasteiger partial charge in [0.1, 0.15) is 11.4 Å². The van der Waals surface area contributed by atoms with Gasteiger partial charge in [0.2, 0.25) is 0 Å². The highest BCUT2D eigenvalue weighted by Gasteiger charge is 2.24. The van der Waals surface area contributed by atoms with Gasteiger partial charge in [-0.25, -0.2) is 0 Å². The Bertz CT molecular complexity index is 1020. The molecule has 1 fully saturated rings. The van der Waals surface area contributed by atoms with Crippen molar-refractivity contribution in [2.45, 2.75) is 6.54 Å². The van der Waals surface area contributed by atoms with E-state index in [4.69, 9.17) is 5.26 Å². The number of nitrogens with one attached hydrogen (secondary N) is 1. The number of aromatic nitrogens is 3. The SMILES string of the molecule is Cn1cccc1-c1cc(C(=O)N2CCN(Cc3cccc(C#N)c3)CC2)[nH]n1. The third-order valence-electron chi connectivity index (χ3n) is 5.14. The number of H-pyrrole nitrogens is 1. The summed E-state index contributed by atoms with van der Waals surface area (Å²) in [5, 5.41) is 16.2. The minimum absolute atomic E-state index is 0.0147. The maximum absolute atomic E-state index is 12.8. The van der Waals surface area contributed by atoms with E-state index in [0.717, 1.165) is 36.6 Å². The smallest absolute Gasteiger partial charge is 0.271 e. The lowest BCUT2D eigenvalue weighted by atomic mass is 10.1. The molecule has 0 saturated carbocycles. The number of nitriles is 1. The van der Waals surface area contributed by atoms with Gasteiger partial charge in [-0.1, -0.05) is 12.1 Å². The molecule has 1 aliphatic rings. The van der Waals surface area contributed by atoms with Gasteiger partial charge in [0.25, 0.3) is 5.91 Å². The second kappa shape index (κ2) is 7.71. The number of aromatic amines is 1. The Labute approximate surface area is 163 Å². The lowest BCUT2D eigenvalue weighted by Gasteiger charge is -2.34. The second-order valence-electron chi connectivity index (χ2n) is 7.05. The molecule has 1 amide bonds. The first kappa shape index (κ1) is 18.0. The number of nitrogens with zero attached hydrogens (tertiary/aromatic N) is 5. The zero-order chi connectivity index (χ0) is 19.5. The molecule has 0 unspecified atom stereocenters. The van der Waals surface area contributed by atoms with Crippen LogP contribution in [0, 0.1) is 11.3 Å². The quantitative estimate of drug-likeness (QED) is 0.759. The van der Waals surface area contributed by atoms with E-state index >= 15 is 0 Å². The van der Waals surface area contributed by atoms with Gasteiger partial charge in [0.05, 0.1) is 17.3 Å². The fourth-order valence-electron chi connectivity index (χ4n) is 3.57. The zero-order valence-corrected chi connectivity index (χ0v) is 15.8. The minimum Gasteiger partial charge on any atom is -0.349 e.